The predicted molar refractivity (Wildman–Crippen MR) is 57.8 cm³/mol. The highest BCUT2D eigenvalue weighted by Gasteiger charge is 2.12. The van der Waals surface area contributed by atoms with Crippen molar-refractivity contribution in [2.24, 2.45) is 5.92 Å². The Hall–Kier alpha value is -1.23. The van der Waals surface area contributed by atoms with Crippen LogP contribution in [0, 0.1) is 5.92 Å². The van der Waals surface area contributed by atoms with Gasteiger partial charge in [0.15, 0.2) is 5.82 Å². The molecule has 1 heterocycles. The molecule has 0 aliphatic rings. The van der Waals surface area contributed by atoms with E-state index in [1.54, 1.807) is 0 Å². The van der Waals surface area contributed by atoms with Crippen molar-refractivity contribution in [1.82, 2.24) is 10.1 Å². The van der Waals surface area contributed by atoms with Gasteiger partial charge in [-0.3, -0.25) is 4.79 Å². The smallest absolute Gasteiger partial charge is 0.234 e. The first-order valence-electron chi connectivity index (χ1n) is 5.52. The van der Waals surface area contributed by atoms with Gasteiger partial charge in [0, 0.05) is 13.0 Å². The third-order valence-corrected chi connectivity index (χ3v) is 1.93. The largest absolute Gasteiger partial charge is 0.374 e. The van der Waals surface area contributed by atoms with Gasteiger partial charge >= 0.3 is 0 Å². The van der Waals surface area contributed by atoms with Crippen LogP contribution in [0.15, 0.2) is 4.52 Å². The van der Waals surface area contributed by atoms with E-state index in [9.17, 15) is 4.79 Å². The fourth-order valence-electron chi connectivity index (χ4n) is 1.31. The first kappa shape index (κ1) is 12.8. The average Bonchev–Trinajstić information content (AvgIpc) is 2.61. The molecule has 0 unspecified atom stereocenters. The van der Waals surface area contributed by atoms with Crippen LogP contribution in [0.5, 0.6) is 0 Å². The molecular weight excluding hydrogens is 208 g/mol. The van der Waals surface area contributed by atoms with Crippen molar-refractivity contribution >= 4 is 5.78 Å². The number of ether oxygens (including phenoxy) is 1. The molecule has 0 N–H and O–H groups in total. The van der Waals surface area contributed by atoms with Crippen molar-refractivity contribution in [2.75, 3.05) is 6.61 Å². The molecule has 1 aromatic rings. The molecule has 0 bridgehead atoms. The van der Waals surface area contributed by atoms with E-state index in [0.717, 1.165) is 0 Å². The summed E-state index contributed by atoms with van der Waals surface area (Å²) in [5.41, 5.74) is 0. The molecular formula is C11H18N2O3. The van der Waals surface area contributed by atoms with Crippen molar-refractivity contribution in [3.63, 3.8) is 0 Å². The van der Waals surface area contributed by atoms with E-state index in [1.807, 2.05) is 20.8 Å². The maximum absolute atomic E-state index is 11.5. The molecule has 5 nitrogen and oxygen atoms in total. The second kappa shape index (κ2) is 6.37. The van der Waals surface area contributed by atoms with Gasteiger partial charge in [0.25, 0.3) is 0 Å². The molecule has 0 spiro atoms. The number of nitrogens with zero attached hydrogens (tertiary/aromatic N) is 2. The molecule has 0 atom stereocenters. The average molecular weight is 226 g/mol. The van der Waals surface area contributed by atoms with E-state index >= 15 is 0 Å². The Kier molecular flexibility index (Phi) is 5.11. The number of aromatic nitrogens is 2. The number of carbonyl (C=O) groups is 1. The summed E-state index contributed by atoms with van der Waals surface area (Å²) >= 11 is 0. The number of rotatable bonds is 7. The Balaban J connectivity index is 2.42. The van der Waals surface area contributed by atoms with Gasteiger partial charge in [-0.15, -0.1) is 0 Å². The van der Waals surface area contributed by atoms with Crippen molar-refractivity contribution in [3.8, 4) is 0 Å². The molecule has 90 valence electrons. The Morgan fingerprint density at radius 2 is 2.25 bits per heavy atom. The summed E-state index contributed by atoms with van der Waals surface area (Å²) in [5.74, 6) is 1.36. The summed E-state index contributed by atoms with van der Waals surface area (Å²) < 4.78 is 10.1. The second-order valence-electron chi connectivity index (χ2n) is 4.05. The van der Waals surface area contributed by atoms with Crippen LogP contribution < -0.4 is 0 Å². The van der Waals surface area contributed by atoms with E-state index in [2.05, 4.69) is 10.1 Å². The van der Waals surface area contributed by atoms with Gasteiger partial charge in [-0.05, 0) is 12.8 Å². The molecule has 0 saturated heterocycles. The Labute approximate surface area is 95.2 Å². The number of hydrogen-bond acceptors (Lipinski definition) is 5. The molecule has 0 aromatic carbocycles. The molecule has 0 aliphatic carbocycles. The van der Waals surface area contributed by atoms with Crippen molar-refractivity contribution in [1.29, 1.82) is 0 Å². The molecule has 1 rings (SSSR count). The molecule has 16 heavy (non-hydrogen) atoms. The summed E-state index contributed by atoms with van der Waals surface area (Å²) in [7, 11) is 0. The highest BCUT2D eigenvalue weighted by molar-refractivity contribution is 5.80. The summed E-state index contributed by atoms with van der Waals surface area (Å²) in [5, 5.41) is 3.72. The summed E-state index contributed by atoms with van der Waals surface area (Å²) in [4.78, 5) is 15.6. The zero-order chi connectivity index (χ0) is 12.0. The maximum Gasteiger partial charge on any atom is 0.234 e. The van der Waals surface area contributed by atoms with Crippen LogP contribution in [0.2, 0.25) is 0 Å². The highest BCUT2D eigenvalue weighted by Crippen LogP contribution is 2.06. The molecule has 1 aromatic heterocycles. The van der Waals surface area contributed by atoms with Gasteiger partial charge in [0.1, 0.15) is 12.4 Å². The topological polar surface area (TPSA) is 65.2 Å². The zero-order valence-corrected chi connectivity index (χ0v) is 10.0. The van der Waals surface area contributed by atoms with Crippen LogP contribution in [0.4, 0.5) is 0 Å². The molecule has 0 saturated carbocycles. The minimum absolute atomic E-state index is 0.126. The lowest BCUT2D eigenvalue weighted by Crippen LogP contribution is -2.06. The van der Waals surface area contributed by atoms with E-state index in [-0.39, 0.29) is 12.2 Å². The van der Waals surface area contributed by atoms with E-state index in [1.165, 1.54) is 0 Å². The number of ketones is 1. The summed E-state index contributed by atoms with van der Waals surface area (Å²) in [6.45, 7) is 6.85. The van der Waals surface area contributed by atoms with Crippen LogP contribution in [0.3, 0.4) is 0 Å². The third-order valence-electron chi connectivity index (χ3n) is 1.93. The predicted octanol–water partition coefficient (Wildman–Crippen LogP) is 1.76. The molecule has 0 radical (unpaired) electrons. The third kappa shape index (κ3) is 4.53. The normalized spacial score (nSPS) is 11.0. The SMILES string of the molecule is CCOCc1noc(CC(=O)CC(C)C)n1. The van der Waals surface area contributed by atoms with Gasteiger partial charge in [0.05, 0.1) is 6.42 Å². The minimum Gasteiger partial charge on any atom is -0.374 e. The lowest BCUT2D eigenvalue weighted by Gasteiger charge is -2.00. The van der Waals surface area contributed by atoms with E-state index in [0.29, 0.717) is 37.3 Å². The van der Waals surface area contributed by atoms with Crippen molar-refractivity contribution < 1.29 is 14.1 Å². The Bertz CT molecular complexity index is 334. The number of carbonyl (C=O) groups excluding carboxylic acids is 1. The van der Waals surface area contributed by atoms with Crippen LogP contribution in [-0.2, 0) is 22.6 Å². The highest BCUT2D eigenvalue weighted by atomic mass is 16.5. The summed E-state index contributed by atoms with van der Waals surface area (Å²) in [6, 6.07) is 0. The van der Waals surface area contributed by atoms with Crippen LogP contribution in [0.1, 0.15) is 38.9 Å². The fraction of sp³-hybridized carbons (Fsp3) is 0.727. The molecule has 0 amide bonds. The van der Waals surface area contributed by atoms with Crippen LogP contribution in [0.25, 0.3) is 0 Å². The second-order valence-corrected chi connectivity index (χ2v) is 4.05. The van der Waals surface area contributed by atoms with Gasteiger partial charge in [-0.2, -0.15) is 4.98 Å². The zero-order valence-electron chi connectivity index (χ0n) is 10.0. The first-order chi connectivity index (χ1) is 7.61. The number of Topliss-reactive ketones (excluding diaryl/α,β-unsaturated/α-hetero) is 1. The molecule has 0 fully saturated rings. The lowest BCUT2D eigenvalue weighted by atomic mass is 10.1. The lowest BCUT2D eigenvalue weighted by molar-refractivity contribution is -0.119. The van der Waals surface area contributed by atoms with Gasteiger partial charge in [-0.1, -0.05) is 19.0 Å². The Morgan fingerprint density at radius 3 is 2.88 bits per heavy atom. The quantitative estimate of drug-likeness (QED) is 0.708. The molecule has 0 aliphatic heterocycles. The standard InChI is InChI=1S/C11H18N2O3/c1-4-15-7-10-12-11(16-13-10)6-9(14)5-8(2)3/h8H,4-7H2,1-3H3. The number of hydrogen-bond donors (Lipinski definition) is 0. The molecule has 5 heteroatoms. The van der Waals surface area contributed by atoms with Gasteiger partial charge in [0.2, 0.25) is 5.89 Å². The van der Waals surface area contributed by atoms with Gasteiger partial charge < -0.3 is 9.26 Å². The van der Waals surface area contributed by atoms with Crippen LogP contribution in [-0.4, -0.2) is 22.5 Å². The van der Waals surface area contributed by atoms with E-state index in [4.69, 9.17) is 9.26 Å². The van der Waals surface area contributed by atoms with Gasteiger partial charge in [-0.25, -0.2) is 0 Å². The summed E-state index contributed by atoms with van der Waals surface area (Å²) in [6.07, 6.45) is 0.764. The maximum atomic E-state index is 11.5. The first-order valence-corrected chi connectivity index (χ1v) is 5.52. The fourth-order valence-corrected chi connectivity index (χ4v) is 1.31. The van der Waals surface area contributed by atoms with Crippen molar-refractivity contribution in [3.05, 3.63) is 11.7 Å². The van der Waals surface area contributed by atoms with E-state index < -0.39 is 0 Å². The monoisotopic (exact) mass is 226 g/mol. The van der Waals surface area contributed by atoms with Crippen molar-refractivity contribution in [2.45, 2.75) is 40.2 Å². The van der Waals surface area contributed by atoms with Crippen LogP contribution >= 0.6 is 0 Å². The minimum atomic E-state index is 0.126. The Morgan fingerprint density at radius 1 is 1.50 bits per heavy atom.